The Morgan fingerprint density at radius 1 is 1.37 bits per heavy atom. The topological polar surface area (TPSA) is 32.9 Å². The van der Waals surface area contributed by atoms with Crippen LogP contribution < -0.4 is 0 Å². The summed E-state index contributed by atoms with van der Waals surface area (Å²) in [6, 6.07) is 6.05. The van der Waals surface area contributed by atoms with Crippen LogP contribution in [-0.2, 0) is 0 Å². The summed E-state index contributed by atoms with van der Waals surface area (Å²) in [5.41, 5.74) is 1.79. The first-order valence-corrected chi connectivity index (χ1v) is 7.77. The molecular formula is C16H18BrNO. The van der Waals surface area contributed by atoms with Gasteiger partial charge in [-0.05, 0) is 37.5 Å². The number of halogens is 1. The molecule has 3 rings (SSSR count). The fourth-order valence-electron chi connectivity index (χ4n) is 3.36. The molecule has 19 heavy (non-hydrogen) atoms. The molecule has 2 nitrogen and oxygen atoms in total. The number of carbonyl (C=O) groups excluding carboxylic acids is 1. The van der Waals surface area contributed by atoms with Crippen molar-refractivity contribution >= 4 is 32.6 Å². The number of nitrogens with one attached hydrogen (secondary N) is 1. The van der Waals surface area contributed by atoms with Gasteiger partial charge in [0.1, 0.15) is 0 Å². The average molecular weight is 320 g/mol. The van der Waals surface area contributed by atoms with Gasteiger partial charge in [0.25, 0.3) is 0 Å². The molecule has 1 heterocycles. The summed E-state index contributed by atoms with van der Waals surface area (Å²) in [7, 11) is 0. The van der Waals surface area contributed by atoms with E-state index in [4.69, 9.17) is 0 Å². The Morgan fingerprint density at radius 2 is 2.11 bits per heavy atom. The van der Waals surface area contributed by atoms with Gasteiger partial charge in [-0.3, -0.25) is 4.79 Å². The number of hydrogen-bond acceptors (Lipinski definition) is 1. The van der Waals surface area contributed by atoms with E-state index in [9.17, 15) is 4.79 Å². The van der Waals surface area contributed by atoms with Crippen LogP contribution in [0.15, 0.2) is 28.9 Å². The van der Waals surface area contributed by atoms with E-state index in [1.54, 1.807) is 0 Å². The Labute approximate surface area is 121 Å². The van der Waals surface area contributed by atoms with Gasteiger partial charge in [0.05, 0.1) is 0 Å². The third-order valence-electron chi connectivity index (χ3n) is 4.61. The highest BCUT2D eigenvalue weighted by Crippen LogP contribution is 2.44. The van der Waals surface area contributed by atoms with Gasteiger partial charge in [0.15, 0.2) is 5.78 Å². The first-order valence-electron chi connectivity index (χ1n) is 6.98. The maximum Gasteiger partial charge on any atom is 0.171 e. The SMILES string of the molecule is CCC1(C(=O)c2c[nH]c3ccc(Br)cc23)CCCC1. The summed E-state index contributed by atoms with van der Waals surface area (Å²) in [6.45, 7) is 2.15. The van der Waals surface area contributed by atoms with Gasteiger partial charge in [0, 0.05) is 32.6 Å². The summed E-state index contributed by atoms with van der Waals surface area (Å²) >= 11 is 3.49. The monoisotopic (exact) mass is 319 g/mol. The molecule has 0 bridgehead atoms. The van der Waals surface area contributed by atoms with Crippen LogP contribution in [0.5, 0.6) is 0 Å². The summed E-state index contributed by atoms with van der Waals surface area (Å²) < 4.78 is 1.02. The molecule has 1 saturated carbocycles. The van der Waals surface area contributed by atoms with Gasteiger partial charge in [-0.1, -0.05) is 35.7 Å². The van der Waals surface area contributed by atoms with Crippen molar-refractivity contribution in [2.24, 2.45) is 5.41 Å². The summed E-state index contributed by atoms with van der Waals surface area (Å²) in [5, 5.41) is 1.04. The fourth-order valence-corrected chi connectivity index (χ4v) is 3.72. The minimum absolute atomic E-state index is 0.114. The van der Waals surface area contributed by atoms with Gasteiger partial charge in [-0.25, -0.2) is 0 Å². The third kappa shape index (κ3) is 2.04. The molecule has 1 aromatic heterocycles. The lowest BCUT2D eigenvalue weighted by atomic mass is 9.76. The molecule has 1 aliphatic rings. The van der Waals surface area contributed by atoms with E-state index in [-0.39, 0.29) is 5.41 Å². The predicted octanol–water partition coefficient (Wildman–Crippen LogP) is 5.08. The Hall–Kier alpha value is -1.09. The molecule has 2 aromatic rings. The second kappa shape index (κ2) is 4.78. The van der Waals surface area contributed by atoms with Crippen molar-refractivity contribution in [1.29, 1.82) is 0 Å². The van der Waals surface area contributed by atoms with Crippen LogP contribution in [0.3, 0.4) is 0 Å². The molecule has 0 unspecified atom stereocenters. The minimum atomic E-state index is -0.114. The number of aromatic amines is 1. The van der Waals surface area contributed by atoms with Crippen LogP contribution in [0.2, 0.25) is 0 Å². The van der Waals surface area contributed by atoms with Crippen LogP contribution in [0.4, 0.5) is 0 Å². The second-order valence-corrected chi connectivity index (χ2v) is 6.48. The largest absolute Gasteiger partial charge is 0.360 e. The highest BCUT2D eigenvalue weighted by Gasteiger charge is 2.40. The number of rotatable bonds is 3. The van der Waals surface area contributed by atoms with Crippen LogP contribution in [0.25, 0.3) is 10.9 Å². The summed E-state index contributed by atoms with van der Waals surface area (Å²) in [4.78, 5) is 16.2. The molecule has 3 heteroatoms. The third-order valence-corrected chi connectivity index (χ3v) is 5.10. The number of benzene rings is 1. The van der Waals surface area contributed by atoms with E-state index in [1.807, 2.05) is 24.4 Å². The van der Waals surface area contributed by atoms with E-state index >= 15 is 0 Å². The molecule has 0 atom stereocenters. The first kappa shape index (κ1) is 12.9. The Morgan fingerprint density at radius 3 is 2.79 bits per heavy atom. The molecule has 100 valence electrons. The zero-order valence-electron chi connectivity index (χ0n) is 11.1. The number of Topliss-reactive ketones (excluding diaryl/α,β-unsaturated/α-hetero) is 1. The van der Waals surface area contributed by atoms with Gasteiger partial charge >= 0.3 is 0 Å². The van der Waals surface area contributed by atoms with Gasteiger partial charge in [0.2, 0.25) is 0 Å². The molecule has 1 N–H and O–H groups in total. The van der Waals surface area contributed by atoms with Crippen molar-refractivity contribution in [3.05, 3.63) is 34.4 Å². The van der Waals surface area contributed by atoms with E-state index in [1.165, 1.54) is 12.8 Å². The molecule has 0 radical (unpaired) electrons. The molecule has 0 saturated heterocycles. The zero-order valence-corrected chi connectivity index (χ0v) is 12.7. The lowest BCUT2D eigenvalue weighted by Gasteiger charge is -2.25. The highest BCUT2D eigenvalue weighted by atomic mass is 79.9. The molecule has 0 amide bonds. The molecular weight excluding hydrogens is 302 g/mol. The number of aromatic nitrogens is 1. The maximum absolute atomic E-state index is 13.0. The lowest BCUT2D eigenvalue weighted by Crippen LogP contribution is -2.27. The smallest absolute Gasteiger partial charge is 0.171 e. The number of carbonyl (C=O) groups is 1. The molecule has 1 fully saturated rings. The molecule has 1 aliphatic carbocycles. The zero-order chi connectivity index (χ0) is 13.5. The van der Waals surface area contributed by atoms with E-state index in [0.29, 0.717) is 5.78 Å². The Bertz CT molecular complexity index is 623. The van der Waals surface area contributed by atoms with Crippen LogP contribution in [0.1, 0.15) is 49.4 Å². The molecule has 0 aliphatic heterocycles. The number of fused-ring (bicyclic) bond motifs is 1. The summed E-state index contributed by atoms with van der Waals surface area (Å²) in [6.07, 6.45) is 7.30. The quantitative estimate of drug-likeness (QED) is 0.786. The standard InChI is InChI=1S/C16H18BrNO/c1-2-16(7-3-4-8-16)15(19)13-10-18-14-6-5-11(17)9-12(13)14/h5-6,9-10,18H,2-4,7-8H2,1H3. The van der Waals surface area contributed by atoms with Gasteiger partial charge in [-0.2, -0.15) is 0 Å². The molecule has 1 aromatic carbocycles. The Kier molecular flexibility index (Phi) is 3.25. The average Bonchev–Trinajstić information content (AvgIpc) is 3.05. The van der Waals surface area contributed by atoms with Crippen molar-refractivity contribution in [2.45, 2.75) is 39.0 Å². The van der Waals surface area contributed by atoms with Crippen LogP contribution in [0, 0.1) is 5.41 Å². The van der Waals surface area contributed by atoms with Crippen molar-refractivity contribution in [3.63, 3.8) is 0 Å². The van der Waals surface area contributed by atoms with E-state index in [2.05, 4.69) is 27.8 Å². The first-order chi connectivity index (χ1) is 9.16. The van der Waals surface area contributed by atoms with Crippen molar-refractivity contribution in [3.8, 4) is 0 Å². The number of hydrogen-bond donors (Lipinski definition) is 1. The maximum atomic E-state index is 13.0. The Balaban J connectivity index is 2.08. The number of H-pyrrole nitrogens is 1. The fraction of sp³-hybridized carbons (Fsp3) is 0.438. The van der Waals surface area contributed by atoms with Crippen LogP contribution >= 0.6 is 15.9 Å². The number of ketones is 1. The lowest BCUT2D eigenvalue weighted by molar-refractivity contribution is 0.0793. The van der Waals surface area contributed by atoms with Crippen molar-refractivity contribution in [2.75, 3.05) is 0 Å². The summed E-state index contributed by atoms with van der Waals surface area (Å²) in [5.74, 6) is 0.330. The van der Waals surface area contributed by atoms with Crippen molar-refractivity contribution in [1.82, 2.24) is 4.98 Å². The predicted molar refractivity (Wildman–Crippen MR) is 81.5 cm³/mol. The van der Waals surface area contributed by atoms with E-state index < -0.39 is 0 Å². The normalized spacial score (nSPS) is 18.0. The van der Waals surface area contributed by atoms with Crippen LogP contribution in [-0.4, -0.2) is 10.8 Å². The van der Waals surface area contributed by atoms with E-state index in [0.717, 1.165) is 40.2 Å². The van der Waals surface area contributed by atoms with Gasteiger partial charge in [-0.15, -0.1) is 0 Å². The second-order valence-electron chi connectivity index (χ2n) is 5.56. The van der Waals surface area contributed by atoms with Gasteiger partial charge < -0.3 is 4.98 Å². The minimum Gasteiger partial charge on any atom is -0.360 e. The molecule has 0 spiro atoms. The highest BCUT2D eigenvalue weighted by molar-refractivity contribution is 9.10. The van der Waals surface area contributed by atoms with Crippen molar-refractivity contribution < 1.29 is 4.79 Å².